The molecule has 0 rings (SSSR count). The predicted molar refractivity (Wildman–Crippen MR) is 63.4 cm³/mol. The van der Waals surface area contributed by atoms with E-state index in [-0.39, 0.29) is 6.10 Å². The molecule has 0 saturated heterocycles. The highest BCUT2D eigenvalue weighted by atomic mass is 16.3. The van der Waals surface area contributed by atoms with Crippen LogP contribution in [-0.2, 0) is 0 Å². The molecule has 0 aliphatic carbocycles. The van der Waals surface area contributed by atoms with Gasteiger partial charge >= 0.3 is 0 Å². The summed E-state index contributed by atoms with van der Waals surface area (Å²) in [7, 11) is 0. The SMILES string of the molecule is CC(C)CCC[C@@H](C)CCC[C@H](C)O. The lowest BCUT2D eigenvalue weighted by Gasteiger charge is -2.12. The molecule has 0 saturated carbocycles. The summed E-state index contributed by atoms with van der Waals surface area (Å²) >= 11 is 0. The molecule has 1 nitrogen and oxygen atoms in total. The van der Waals surface area contributed by atoms with Gasteiger partial charge in [-0.2, -0.15) is 0 Å². The second-order valence-electron chi connectivity index (χ2n) is 5.21. The average molecular weight is 200 g/mol. The Labute approximate surface area is 89.9 Å². The summed E-state index contributed by atoms with van der Waals surface area (Å²) in [5, 5.41) is 9.11. The van der Waals surface area contributed by atoms with Crippen LogP contribution in [0.2, 0.25) is 0 Å². The van der Waals surface area contributed by atoms with E-state index in [1.165, 1.54) is 32.1 Å². The maximum Gasteiger partial charge on any atom is 0.0512 e. The maximum absolute atomic E-state index is 9.11. The number of hydrogen-bond donors (Lipinski definition) is 1. The van der Waals surface area contributed by atoms with Gasteiger partial charge in [0.1, 0.15) is 0 Å². The van der Waals surface area contributed by atoms with Gasteiger partial charge in [-0.3, -0.25) is 0 Å². The van der Waals surface area contributed by atoms with Crippen LogP contribution in [0.15, 0.2) is 0 Å². The third-order valence-corrected chi connectivity index (χ3v) is 2.80. The standard InChI is InChI=1S/C13H28O/c1-11(2)7-5-8-12(3)9-6-10-13(4)14/h11-14H,5-10H2,1-4H3/t12-,13+/m1/s1. The van der Waals surface area contributed by atoms with Gasteiger partial charge in [-0.05, 0) is 25.2 Å². The Morgan fingerprint density at radius 3 is 1.71 bits per heavy atom. The fourth-order valence-electron chi connectivity index (χ4n) is 1.78. The van der Waals surface area contributed by atoms with Crippen LogP contribution in [0.3, 0.4) is 0 Å². The first-order valence-electron chi connectivity index (χ1n) is 6.20. The van der Waals surface area contributed by atoms with E-state index in [0.717, 1.165) is 18.3 Å². The lowest BCUT2D eigenvalue weighted by molar-refractivity contribution is 0.178. The Hall–Kier alpha value is -0.0400. The predicted octanol–water partition coefficient (Wildman–Crippen LogP) is 4.00. The molecular weight excluding hydrogens is 172 g/mol. The minimum absolute atomic E-state index is 0.113. The molecule has 1 heteroatoms. The van der Waals surface area contributed by atoms with Gasteiger partial charge in [0.25, 0.3) is 0 Å². The van der Waals surface area contributed by atoms with E-state index in [0.29, 0.717) is 0 Å². The molecule has 0 aromatic heterocycles. The van der Waals surface area contributed by atoms with Crippen LogP contribution in [0, 0.1) is 11.8 Å². The van der Waals surface area contributed by atoms with Gasteiger partial charge in [-0.25, -0.2) is 0 Å². The van der Waals surface area contributed by atoms with Crippen molar-refractivity contribution in [2.24, 2.45) is 11.8 Å². The molecule has 0 fully saturated rings. The Morgan fingerprint density at radius 2 is 1.29 bits per heavy atom. The topological polar surface area (TPSA) is 20.2 Å². The smallest absolute Gasteiger partial charge is 0.0512 e. The van der Waals surface area contributed by atoms with Crippen molar-refractivity contribution in [2.75, 3.05) is 0 Å². The molecular formula is C13H28O. The molecule has 0 aromatic rings. The van der Waals surface area contributed by atoms with E-state index in [1.54, 1.807) is 0 Å². The van der Waals surface area contributed by atoms with Crippen molar-refractivity contribution in [3.63, 3.8) is 0 Å². The Balaban J connectivity index is 3.23. The first-order valence-corrected chi connectivity index (χ1v) is 6.20. The second-order valence-corrected chi connectivity index (χ2v) is 5.21. The van der Waals surface area contributed by atoms with E-state index in [9.17, 15) is 0 Å². The van der Waals surface area contributed by atoms with E-state index in [1.807, 2.05) is 6.92 Å². The zero-order chi connectivity index (χ0) is 11.0. The minimum Gasteiger partial charge on any atom is -0.393 e. The molecule has 0 aromatic carbocycles. The molecule has 2 atom stereocenters. The fourth-order valence-corrected chi connectivity index (χ4v) is 1.78. The van der Waals surface area contributed by atoms with Gasteiger partial charge in [0.2, 0.25) is 0 Å². The maximum atomic E-state index is 9.11. The van der Waals surface area contributed by atoms with Crippen LogP contribution in [-0.4, -0.2) is 11.2 Å². The van der Waals surface area contributed by atoms with Gasteiger partial charge in [-0.15, -0.1) is 0 Å². The highest BCUT2D eigenvalue weighted by molar-refractivity contribution is 4.57. The molecule has 0 radical (unpaired) electrons. The van der Waals surface area contributed by atoms with Crippen LogP contribution in [0.5, 0.6) is 0 Å². The van der Waals surface area contributed by atoms with Gasteiger partial charge in [0.05, 0.1) is 6.10 Å². The molecule has 0 heterocycles. The zero-order valence-electron chi connectivity index (χ0n) is 10.4. The third-order valence-electron chi connectivity index (χ3n) is 2.80. The van der Waals surface area contributed by atoms with Gasteiger partial charge < -0.3 is 5.11 Å². The Kier molecular flexibility index (Phi) is 8.26. The quantitative estimate of drug-likeness (QED) is 0.628. The van der Waals surface area contributed by atoms with Crippen molar-refractivity contribution >= 4 is 0 Å². The molecule has 0 aliphatic heterocycles. The van der Waals surface area contributed by atoms with Crippen molar-refractivity contribution < 1.29 is 5.11 Å². The van der Waals surface area contributed by atoms with Gasteiger partial charge in [0, 0.05) is 0 Å². The van der Waals surface area contributed by atoms with Gasteiger partial charge in [-0.1, -0.05) is 52.9 Å². The van der Waals surface area contributed by atoms with Crippen LogP contribution in [0.4, 0.5) is 0 Å². The average Bonchev–Trinajstić information content (AvgIpc) is 2.02. The van der Waals surface area contributed by atoms with Crippen molar-refractivity contribution in [1.29, 1.82) is 0 Å². The summed E-state index contributed by atoms with van der Waals surface area (Å²) < 4.78 is 0. The lowest BCUT2D eigenvalue weighted by atomic mass is 9.95. The Bertz CT molecular complexity index is 104. The first-order chi connectivity index (χ1) is 6.52. The molecule has 0 unspecified atom stereocenters. The van der Waals surface area contributed by atoms with E-state index < -0.39 is 0 Å². The third kappa shape index (κ3) is 10.0. The largest absolute Gasteiger partial charge is 0.393 e. The molecule has 1 N–H and O–H groups in total. The normalized spacial score (nSPS) is 15.9. The highest BCUT2D eigenvalue weighted by Crippen LogP contribution is 2.17. The van der Waals surface area contributed by atoms with Crippen LogP contribution < -0.4 is 0 Å². The number of rotatable bonds is 8. The van der Waals surface area contributed by atoms with E-state index in [2.05, 4.69) is 20.8 Å². The van der Waals surface area contributed by atoms with Crippen molar-refractivity contribution in [1.82, 2.24) is 0 Å². The molecule has 0 bridgehead atoms. The summed E-state index contributed by atoms with van der Waals surface area (Å²) in [4.78, 5) is 0. The molecule has 86 valence electrons. The summed E-state index contributed by atoms with van der Waals surface area (Å²) in [6.07, 6.45) is 7.41. The number of aliphatic hydroxyl groups excluding tert-OH is 1. The van der Waals surface area contributed by atoms with E-state index in [4.69, 9.17) is 5.11 Å². The summed E-state index contributed by atoms with van der Waals surface area (Å²) in [6, 6.07) is 0. The van der Waals surface area contributed by atoms with Crippen molar-refractivity contribution in [3.8, 4) is 0 Å². The summed E-state index contributed by atoms with van der Waals surface area (Å²) in [5.74, 6) is 1.69. The lowest BCUT2D eigenvalue weighted by Crippen LogP contribution is -2.02. The summed E-state index contributed by atoms with van der Waals surface area (Å²) in [5.41, 5.74) is 0. The van der Waals surface area contributed by atoms with E-state index >= 15 is 0 Å². The molecule has 0 aliphatic rings. The molecule has 0 amide bonds. The van der Waals surface area contributed by atoms with Crippen LogP contribution in [0.1, 0.15) is 66.2 Å². The summed E-state index contributed by atoms with van der Waals surface area (Å²) in [6.45, 7) is 8.79. The monoisotopic (exact) mass is 200 g/mol. The number of hydrogen-bond acceptors (Lipinski definition) is 1. The highest BCUT2D eigenvalue weighted by Gasteiger charge is 2.04. The van der Waals surface area contributed by atoms with Crippen molar-refractivity contribution in [2.45, 2.75) is 72.3 Å². The minimum atomic E-state index is -0.113. The zero-order valence-corrected chi connectivity index (χ0v) is 10.4. The van der Waals surface area contributed by atoms with Crippen LogP contribution in [0.25, 0.3) is 0 Å². The second kappa shape index (κ2) is 8.28. The first kappa shape index (κ1) is 14.0. The fraction of sp³-hybridized carbons (Fsp3) is 1.00. The molecule has 0 spiro atoms. The van der Waals surface area contributed by atoms with Crippen molar-refractivity contribution in [3.05, 3.63) is 0 Å². The Morgan fingerprint density at radius 1 is 0.786 bits per heavy atom. The van der Waals surface area contributed by atoms with Crippen LogP contribution >= 0.6 is 0 Å². The van der Waals surface area contributed by atoms with Gasteiger partial charge in [0.15, 0.2) is 0 Å². The molecule has 14 heavy (non-hydrogen) atoms. The number of aliphatic hydroxyl groups is 1.